The fraction of sp³-hybridized carbons (Fsp3) is 0.480. The predicted octanol–water partition coefficient (Wildman–Crippen LogP) is 4.76. The van der Waals surface area contributed by atoms with Crippen molar-refractivity contribution < 1.29 is 23.5 Å². The average Bonchev–Trinajstić information content (AvgIpc) is 3.13. The number of hydrogen-bond donors (Lipinski definition) is 2. The second kappa shape index (κ2) is 9.18. The van der Waals surface area contributed by atoms with Crippen LogP contribution in [0.25, 0.3) is 21.9 Å². The monoisotopic (exact) mass is 441 g/mol. The molecule has 0 saturated carbocycles. The largest absolute Gasteiger partial charge is 0.481 e. The molecule has 32 heavy (non-hydrogen) atoms. The number of fused-ring (bicyclic) bond motifs is 2. The van der Waals surface area contributed by atoms with Gasteiger partial charge in [0.15, 0.2) is 0 Å². The molecule has 2 aromatic heterocycles. The van der Waals surface area contributed by atoms with Crippen molar-refractivity contribution in [2.75, 3.05) is 6.54 Å². The maximum absolute atomic E-state index is 12.7. The van der Waals surface area contributed by atoms with Gasteiger partial charge >= 0.3 is 11.6 Å². The lowest BCUT2D eigenvalue weighted by atomic mass is 9.86. The molecule has 7 nitrogen and oxygen atoms in total. The minimum Gasteiger partial charge on any atom is -0.481 e. The molecule has 0 unspecified atom stereocenters. The maximum atomic E-state index is 12.7. The van der Waals surface area contributed by atoms with Crippen molar-refractivity contribution in [3.05, 3.63) is 45.0 Å². The Balaban J connectivity index is 1.85. The standard InChI is InChI=1S/C25H31NO6/c1-14-16-11-18-19(25(3,4)5)13-31-22(18)15(2)23(16)32-24(30)17(14)12-20(27)26-10-8-6-7-9-21(28)29/h11,13H,6-10,12H2,1-5H3,(H,26,27)(H,28,29). The van der Waals surface area contributed by atoms with Gasteiger partial charge in [-0.05, 0) is 43.7 Å². The minimum atomic E-state index is -0.815. The van der Waals surface area contributed by atoms with Crippen molar-refractivity contribution in [2.45, 2.75) is 72.1 Å². The summed E-state index contributed by atoms with van der Waals surface area (Å²) in [6.07, 6.45) is 3.82. The second-order valence-electron chi connectivity index (χ2n) is 9.38. The Morgan fingerprint density at radius 3 is 2.41 bits per heavy atom. The van der Waals surface area contributed by atoms with E-state index in [1.54, 1.807) is 6.26 Å². The average molecular weight is 442 g/mol. The van der Waals surface area contributed by atoms with E-state index in [-0.39, 0.29) is 24.2 Å². The van der Waals surface area contributed by atoms with E-state index in [4.69, 9.17) is 13.9 Å². The van der Waals surface area contributed by atoms with Crippen LogP contribution in [0.3, 0.4) is 0 Å². The summed E-state index contributed by atoms with van der Waals surface area (Å²) >= 11 is 0. The van der Waals surface area contributed by atoms with Crippen LogP contribution in [0.2, 0.25) is 0 Å². The number of furan rings is 1. The highest BCUT2D eigenvalue weighted by atomic mass is 16.4. The first-order valence-corrected chi connectivity index (χ1v) is 11.0. The van der Waals surface area contributed by atoms with E-state index in [0.717, 1.165) is 33.9 Å². The first-order chi connectivity index (χ1) is 15.0. The van der Waals surface area contributed by atoms with Crippen molar-refractivity contribution in [3.63, 3.8) is 0 Å². The topological polar surface area (TPSA) is 110 Å². The van der Waals surface area contributed by atoms with Gasteiger partial charge in [-0.1, -0.05) is 27.2 Å². The number of carboxylic acid groups (broad SMARTS) is 1. The van der Waals surface area contributed by atoms with Gasteiger partial charge in [0.25, 0.3) is 0 Å². The minimum absolute atomic E-state index is 0.0617. The third kappa shape index (κ3) is 4.87. The van der Waals surface area contributed by atoms with Crippen LogP contribution in [0.4, 0.5) is 0 Å². The first-order valence-electron chi connectivity index (χ1n) is 11.0. The maximum Gasteiger partial charge on any atom is 0.340 e. The van der Waals surface area contributed by atoms with Gasteiger partial charge in [-0.15, -0.1) is 0 Å². The van der Waals surface area contributed by atoms with Gasteiger partial charge in [0.2, 0.25) is 5.91 Å². The van der Waals surface area contributed by atoms with Crippen LogP contribution in [0.5, 0.6) is 0 Å². The van der Waals surface area contributed by atoms with Crippen LogP contribution < -0.4 is 10.9 Å². The molecule has 172 valence electrons. The number of amides is 1. The highest BCUT2D eigenvalue weighted by Crippen LogP contribution is 2.37. The van der Waals surface area contributed by atoms with Gasteiger partial charge in [0, 0.05) is 34.9 Å². The van der Waals surface area contributed by atoms with E-state index in [1.165, 1.54) is 0 Å². The van der Waals surface area contributed by atoms with Crippen LogP contribution in [0.1, 0.15) is 68.7 Å². The summed E-state index contributed by atoms with van der Waals surface area (Å²) in [7, 11) is 0. The van der Waals surface area contributed by atoms with Crippen molar-refractivity contribution in [1.82, 2.24) is 5.32 Å². The Kier molecular flexibility index (Phi) is 6.77. The van der Waals surface area contributed by atoms with Gasteiger partial charge in [-0.3, -0.25) is 9.59 Å². The summed E-state index contributed by atoms with van der Waals surface area (Å²) in [5, 5.41) is 13.2. The molecular weight excluding hydrogens is 410 g/mol. The Labute approximate surface area is 186 Å². The lowest BCUT2D eigenvalue weighted by Crippen LogP contribution is -2.28. The number of carbonyl (C=O) groups is 2. The van der Waals surface area contributed by atoms with Crippen molar-refractivity contribution in [1.29, 1.82) is 0 Å². The number of unbranched alkanes of at least 4 members (excludes halogenated alkanes) is 2. The van der Waals surface area contributed by atoms with Gasteiger partial charge in [-0.25, -0.2) is 4.79 Å². The predicted molar refractivity (Wildman–Crippen MR) is 123 cm³/mol. The number of aliphatic carboxylic acids is 1. The molecule has 3 rings (SSSR count). The third-order valence-corrected chi connectivity index (χ3v) is 5.88. The molecule has 7 heteroatoms. The third-order valence-electron chi connectivity index (χ3n) is 5.88. The van der Waals surface area contributed by atoms with E-state index in [0.29, 0.717) is 36.1 Å². The van der Waals surface area contributed by atoms with E-state index in [9.17, 15) is 14.4 Å². The zero-order valence-corrected chi connectivity index (χ0v) is 19.4. The van der Waals surface area contributed by atoms with Crippen molar-refractivity contribution >= 4 is 33.8 Å². The number of carboxylic acids is 1. The molecule has 2 heterocycles. The zero-order valence-electron chi connectivity index (χ0n) is 19.4. The van der Waals surface area contributed by atoms with Crippen molar-refractivity contribution in [2.24, 2.45) is 0 Å². The van der Waals surface area contributed by atoms with Crippen LogP contribution >= 0.6 is 0 Å². The smallest absolute Gasteiger partial charge is 0.340 e. The van der Waals surface area contributed by atoms with E-state index in [1.807, 2.05) is 19.9 Å². The normalized spacial score (nSPS) is 11.9. The fourth-order valence-electron chi connectivity index (χ4n) is 4.01. The molecule has 0 bridgehead atoms. The molecule has 0 atom stereocenters. The molecule has 0 fully saturated rings. The number of carbonyl (C=O) groups excluding carboxylic acids is 1. The van der Waals surface area contributed by atoms with Gasteiger partial charge in [0.05, 0.1) is 18.2 Å². The molecular formula is C25H31NO6. The summed E-state index contributed by atoms with van der Waals surface area (Å²) in [6, 6.07) is 1.99. The lowest BCUT2D eigenvalue weighted by molar-refractivity contribution is -0.137. The molecule has 0 saturated heterocycles. The number of rotatable bonds is 8. The summed E-state index contributed by atoms with van der Waals surface area (Å²) in [6.45, 7) is 10.5. The quantitative estimate of drug-likeness (QED) is 0.385. The van der Waals surface area contributed by atoms with Crippen LogP contribution in [0.15, 0.2) is 26.0 Å². The molecule has 0 aliphatic heterocycles. The summed E-state index contributed by atoms with van der Waals surface area (Å²) in [5.74, 6) is -1.07. The van der Waals surface area contributed by atoms with Crippen LogP contribution in [-0.2, 0) is 21.4 Å². The Morgan fingerprint density at radius 2 is 1.75 bits per heavy atom. The van der Waals surface area contributed by atoms with Gasteiger partial charge in [-0.2, -0.15) is 0 Å². The highest BCUT2D eigenvalue weighted by molar-refractivity contribution is 6.00. The molecule has 0 aliphatic rings. The summed E-state index contributed by atoms with van der Waals surface area (Å²) in [4.78, 5) is 35.6. The Hall–Kier alpha value is -3.09. The summed E-state index contributed by atoms with van der Waals surface area (Å²) < 4.78 is 11.5. The lowest BCUT2D eigenvalue weighted by Gasteiger charge is -2.17. The van der Waals surface area contributed by atoms with Crippen LogP contribution in [0, 0.1) is 13.8 Å². The molecule has 0 spiro atoms. The van der Waals surface area contributed by atoms with Gasteiger partial charge < -0.3 is 19.3 Å². The zero-order chi connectivity index (χ0) is 23.6. The molecule has 0 radical (unpaired) electrons. The fourth-order valence-corrected chi connectivity index (χ4v) is 4.01. The highest BCUT2D eigenvalue weighted by Gasteiger charge is 2.24. The molecule has 0 aliphatic carbocycles. The Bertz CT molecular complexity index is 1230. The molecule has 3 aromatic rings. The number of benzene rings is 1. The number of hydrogen-bond acceptors (Lipinski definition) is 5. The second-order valence-corrected chi connectivity index (χ2v) is 9.38. The molecule has 1 aromatic carbocycles. The van der Waals surface area contributed by atoms with E-state index in [2.05, 4.69) is 26.1 Å². The summed E-state index contributed by atoms with van der Waals surface area (Å²) in [5.41, 5.74) is 3.49. The first kappa shape index (κ1) is 23.6. The van der Waals surface area contributed by atoms with Gasteiger partial charge in [0.1, 0.15) is 11.2 Å². The SMILES string of the molecule is Cc1c(CC(=O)NCCCCCC(=O)O)c(=O)oc2c(C)c3occ(C(C)(C)C)c3cc12. The number of nitrogens with one attached hydrogen (secondary N) is 1. The number of aryl methyl sites for hydroxylation is 2. The van der Waals surface area contributed by atoms with E-state index >= 15 is 0 Å². The molecule has 2 N–H and O–H groups in total. The Morgan fingerprint density at radius 1 is 1.03 bits per heavy atom. The van der Waals surface area contributed by atoms with E-state index < -0.39 is 11.6 Å². The van der Waals surface area contributed by atoms with Crippen LogP contribution in [-0.4, -0.2) is 23.5 Å². The molecule has 1 amide bonds. The van der Waals surface area contributed by atoms with Crippen molar-refractivity contribution in [3.8, 4) is 0 Å².